The van der Waals surface area contributed by atoms with E-state index in [0.717, 1.165) is 17.8 Å². The van der Waals surface area contributed by atoms with Gasteiger partial charge in [0.15, 0.2) is 0 Å². The van der Waals surface area contributed by atoms with Crippen LogP contribution in [0.5, 0.6) is 5.88 Å². The van der Waals surface area contributed by atoms with Crippen molar-refractivity contribution in [2.45, 2.75) is 20.4 Å². The zero-order valence-corrected chi connectivity index (χ0v) is 12.9. The molecule has 0 fully saturated rings. The number of hydrogen-bond acceptors (Lipinski definition) is 3. The smallest absolute Gasteiger partial charge is 0.212 e. The normalized spacial score (nSPS) is 10.3. The van der Waals surface area contributed by atoms with Crippen LogP contribution in [0, 0.1) is 13.8 Å². The van der Waals surface area contributed by atoms with Crippen molar-refractivity contribution in [2.75, 3.05) is 12.4 Å². The Morgan fingerprint density at radius 1 is 1.21 bits per heavy atom. The number of aryl methyl sites for hydroxylation is 2. The van der Waals surface area contributed by atoms with E-state index in [2.05, 4.69) is 52.2 Å². The fourth-order valence-corrected chi connectivity index (χ4v) is 2.12. The molecule has 0 aliphatic carbocycles. The van der Waals surface area contributed by atoms with Crippen LogP contribution >= 0.6 is 15.9 Å². The first kappa shape index (κ1) is 13.9. The number of benzene rings is 1. The van der Waals surface area contributed by atoms with Crippen molar-refractivity contribution in [3.63, 3.8) is 0 Å². The molecule has 0 radical (unpaired) electrons. The second kappa shape index (κ2) is 6.06. The maximum Gasteiger partial charge on any atom is 0.212 e. The van der Waals surface area contributed by atoms with Gasteiger partial charge >= 0.3 is 0 Å². The summed E-state index contributed by atoms with van der Waals surface area (Å²) in [6, 6.07) is 8.15. The largest absolute Gasteiger partial charge is 0.481 e. The Kier molecular flexibility index (Phi) is 4.43. The van der Waals surface area contributed by atoms with Crippen molar-refractivity contribution >= 4 is 21.6 Å². The molecule has 3 nitrogen and oxygen atoms in total. The third kappa shape index (κ3) is 3.47. The van der Waals surface area contributed by atoms with Crippen LogP contribution in [0.2, 0.25) is 0 Å². The van der Waals surface area contributed by atoms with Crippen LogP contribution in [-0.4, -0.2) is 12.1 Å². The van der Waals surface area contributed by atoms with Crippen LogP contribution < -0.4 is 10.1 Å². The van der Waals surface area contributed by atoms with Gasteiger partial charge in [-0.2, -0.15) is 0 Å². The number of nitrogens with one attached hydrogen (secondary N) is 1. The van der Waals surface area contributed by atoms with E-state index in [1.807, 2.05) is 18.3 Å². The summed E-state index contributed by atoms with van der Waals surface area (Å²) in [5.41, 5.74) is 4.71. The number of pyridine rings is 1. The Labute approximate surface area is 122 Å². The highest BCUT2D eigenvalue weighted by Crippen LogP contribution is 2.25. The molecule has 0 atom stereocenters. The quantitative estimate of drug-likeness (QED) is 0.921. The van der Waals surface area contributed by atoms with Gasteiger partial charge in [-0.3, -0.25) is 0 Å². The Morgan fingerprint density at radius 2 is 1.89 bits per heavy atom. The summed E-state index contributed by atoms with van der Waals surface area (Å²) in [4.78, 5) is 4.19. The molecule has 1 N–H and O–H groups in total. The van der Waals surface area contributed by atoms with Gasteiger partial charge in [0.2, 0.25) is 5.88 Å². The molecule has 2 rings (SSSR count). The van der Waals surface area contributed by atoms with Crippen molar-refractivity contribution in [1.29, 1.82) is 0 Å². The fourth-order valence-electron chi connectivity index (χ4n) is 1.89. The second-order valence-corrected chi connectivity index (χ2v) is 5.28. The average Bonchev–Trinajstić information content (AvgIpc) is 2.43. The standard InChI is InChI=1S/C15H17BrN2O/c1-10-6-13(7-11(2)15(10)16)17-8-12-4-5-14(19-3)18-9-12/h4-7,9,17H,8H2,1-3H3. The van der Waals surface area contributed by atoms with Gasteiger partial charge in [-0.1, -0.05) is 22.0 Å². The van der Waals surface area contributed by atoms with Gasteiger partial charge in [0.25, 0.3) is 0 Å². The van der Waals surface area contributed by atoms with E-state index in [1.54, 1.807) is 7.11 Å². The van der Waals surface area contributed by atoms with Crippen LogP contribution in [0.4, 0.5) is 5.69 Å². The first-order valence-electron chi connectivity index (χ1n) is 6.09. The van der Waals surface area contributed by atoms with Crippen LogP contribution in [0.15, 0.2) is 34.9 Å². The molecule has 1 aromatic carbocycles. The molecule has 0 unspecified atom stereocenters. The van der Waals surface area contributed by atoms with E-state index in [9.17, 15) is 0 Å². The summed E-state index contributed by atoms with van der Waals surface area (Å²) in [5, 5.41) is 3.41. The number of nitrogens with zero attached hydrogens (tertiary/aromatic N) is 1. The lowest BCUT2D eigenvalue weighted by molar-refractivity contribution is 0.397. The van der Waals surface area contributed by atoms with E-state index in [1.165, 1.54) is 15.6 Å². The number of methoxy groups -OCH3 is 1. The highest BCUT2D eigenvalue weighted by molar-refractivity contribution is 9.10. The predicted molar refractivity (Wildman–Crippen MR) is 81.7 cm³/mol. The summed E-state index contributed by atoms with van der Waals surface area (Å²) in [6.07, 6.45) is 1.82. The van der Waals surface area contributed by atoms with Crippen molar-refractivity contribution < 1.29 is 4.74 Å². The summed E-state index contributed by atoms with van der Waals surface area (Å²) < 4.78 is 6.21. The molecular formula is C15H17BrN2O. The highest BCUT2D eigenvalue weighted by Gasteiger charge is 2.02. The summed E-state index contributed by atoms with van der Waals surface area (Å²) in [5.74, 6) is 0.638. The number of hydrogen-bond donors (Lipinski definition) is 1. The number of anilines is 1. The van der Waals surface area contributed by atoms with Gasteiger partial charge < -0.3 is 10.1 Å². The van der Waals surface area contributed by atoms with E-state index < -0.39 is 0 Å². The van der Waals surface area contributed by atoms with E-state index in [-0.39, 0.29) is 0 Å². The number of aromatic nitrogens is 1. The van der Waals surface area contributed by atoms with E-state index in [0.29, 0.717) is 5.88 Å². The summed E-state index contributed by atoms with van der Waals surface area (Å²) in [6.45, 7) is 4.94. The molecule has 19 heavy (non-hydrogen) atoms. The molecule has 1 heterocycles. The number of halogens is 1. The Balaban J connectivity index is 2.05. The summed E-state index contributed by atoms with van der Waals surface area (Å²) in [7, 11) is 1.62. The monoisotopic (exact) mass is 320 g/mol. The van der Waals surface area contributed by atoms with Crippen LogP contribution in [0.3, 0.4) is 0 Å². The molecule has 4 heteroatoms. The lowest BCUT2D eigenvalue weighted by Gasteiger charge is -2.10. The van der Waals surface area contributed by atoms with Crippen molar-refractivity contribution in [3.8, 4) is 5.88 Å². The Hall–Kier alpha value is -1.55. The molecule has 0 amide bonds. The zero-order valence-electron chi connectivity index (χ0n) is 11.3. The first-order chi connectivity index (χ1) is 9.10. The lowest BCUT2D eigenvalue weighted by Crippen LogP contribution is -2.01. The van der Waals surface area contributed by atoms with E-state index in [4.69, 9.17) is 4.74 Å². The van der Waals surface area contributed by atoms with Gasteiger partial charge in [0, 0.05) is 29.0 Å². The maximum absolute atomic E-state index is 5.04. The van der Waals surface area contributed by atoms with Gasteiger partial charge in [0.1, 0.15) is 0 Å². The third-order valence-corrected chi connectivity index (χ3v) is 4.19. The maximum atomic E-state index is 5.04. The molecule has 100 valence electrons. The highest BCUT2D eigenvalue weighted by atomic mass is 79.9. The molecule has 0 saturated carbocycles. The van der Waals surface area contributed by atoms with Gasteiger partial charge in [-0.05, 0) is 42.7 Å². The molecular weight excluding hydrogens is 304 g/mol. The molecule has 0 saturated heterocycles. The number of rotatable bonds is 4. The zero-order chi connectivity index (χ0) is 13.8. The molecule has 0 bridgehead atoms. The summed E-state index contributed by atoms with van der Waals surface area (Å²) >= 11 is 3.57. The number of ether oxygens (including phenoxy) is 1. The van der Waals surface area contributed by atoms with Crippen molar-refractivity contribution in [2.24, 2.45) is 0 Å². The van der Waals surface area contributed by atoms with Crippen LogP contribution in [-0.2, 0) is 6.54 Å². The van der Waals surface area contributed by atoms with Gasteiger partial charge in [0.05, 0.1) is 7.11 Å². The van der Waals surface area contributed by atoms with Crippen molar-refractivity contribution in [1.82, 2.24) is 4.98 Å². The SMILES string of the molecule is COc1ccc(CNc2cc(C)c(Br)c(C)c2)cn1. The van der Waals surface area contributed by atoms with E-state index >= 15 is 0 Å². The average molecular weight is 321 g/mol. The molecule has 0 aliphatic rings. The minimum Gasteiger partial charge on any atom is -0.481 e. The Bertz CT molecular complexity index is 544. The second-order valence-electron chi connectivity index (χ2n) is 4.49. The van der Waals surface area contributed by atoms with Gasteiger partial charge in [-0.25, -0.2) is 4.98 Å². The van der Waals surface area contributed by atoms with Crippen LogP contribution in [0.1, 0.15) is 16.7 Å². The molecule has 0 aliphatic heterocycles. The topological polar surface area (TPSA) is 34.1 Å². The van der Waals surface area contributed by atoms with Crippen molar-refractivity contribution in [3.05, 3.63) is 51.6 Å². The molecule has 1 aromatic heterocycles. The fraction of sp³-hybridized carbons (Fsp3) is 0.267. The first-order valence-corrected chi connectivity index (χ1v) is 6.89. The van der Waals surface area contributed by atoms with Crippen LogP contribution in [0.25, 0.3) is 0 Å². The minimum atomic E-state index is 0.638. The van der Waals surface area contributed by atoms with Gasteiger partial charge in [-0.15, -0.1) is 0 Å². The molecule has 0 spiro atoms. The predicted octanol–water partition coefficient (Wildman–Crippen LogP) is 4.08. The third-order valence-electron chi connectivity index (χ3n) is 2.94. The minimum absolute atomic E-state index is 0.638. The molecule has 2 aromatic rings. The lowest BCUT2D eigenvalue weighted by atomic mass is 10.1. The Morgan fingerprint density at radius 3 is 2.42 bits per heavy atom.